The largest absolute Gasteiger partial charge is 0.480 e. The fraction of sp³-hybridized carbons (Fsp3) is 0.182. The molecule has 0 saturated carbocycles. The number of thiophene rings is 1. The molecule has 4 nitrogen and oxygen atoms in total. The van der Waals surface area contributed by atoms with Crippen molar-refractivity contribution in [3.8, 4) is 0 Å². The Labute approximate surface area is 111 Å². The van der Waals surface area contributed by atoms with E-state index in [1.807, 2.05) is 0 Å². The van der Waals surface area contributed by atoms with Crippen molar-refractivity contribution in [3.63, 3.8) is 0 Å². The minimum Gasteiger partial charge on any atom is -0.480 e. The van der Waals surface area contributed by atoms with Gasteiger partial charge in [-0.05, 0) is 39.3 Å². The lowest BCUT2D eigenvalue weighted by molar-refractivity contribution is -0.141. The highest BCUT2D eigenvalue weighted by Gasteiger charge is 2.42. The molecule has 0 fully saturated rings. The molecule has 96 valence electrons. The van der Waals surface area contributed by atoms with Crippen molar-refractivity contribution >= 4 is 36.0 Å². The van der Waals surface area contributed by atoms with Crippen LogP contribution in [0.2, 0.25) is 0 Å². The van der Waals surface area contributed by atoms with Crippen molar-refractivity contribution in [2.75, 3.05) is 0 Å². The summed E-state index contributed by atoms with van der Waals surface area (Å²) in [5.41, 5.74) is -1.29. The van der Waals surface area contributed by atoms with E-state index in [-0.39, 0.29) is 0 Å². The minimum atomic E-state index is -2.33. The second-order valence-corrected chi connectivity index (χ2v) is 8.33. The minimum absolute atomic E-state index is 0.408. The fourth-order valence-electron chi connectivity index (χ4n) is 1.72. The van der Waals surface area contributed by atoms with E-state index in [2.05, 4.69) is 0 Å². The van der Waals surface area contributed by atoms with Crippen molar-refractivity contribution in [3.05, 3.63) is 44.9 Å². The lowest BCUT2D eigenvalue weighted by Crippen LogP contribution is -2.34. The van der Waals surface area contributed by atoms with E-state index in [0.29, 0.717) is 9.78 Å². The summed E-state index contributed by atoms with van der Waals surface area (Å²) in [5, 5.41) is 12.8. The van der Waals surface area contributed by atoms with E-state index in [0.717, 1.165) is 0 Å². The Hall–Kier alpha value is -1.18. The second kappa shape index (κ2) is 4.83. The summed E-state index contributed by atoms with van der Waals surface area (Å²) in [6.07, 6.45) is 3.19. The Bertz CT molecular complexity index is 672. The van der Waals surface area contributed by atoms with Gasteiger partial charge in [-0.15, -0.1) is 11.3 Å². The predicted molar refractivity (Wildman–Crippen MR) is 72.8 cm³/mol. The third-order valence-electron chi connectivity index (χ3n) is 2.75. The van der Waals surface area contributed by atoms with Crippen LogP contribution >= 0.6 is 11.3 Å². The number of carboxylic acid groups (broad SMARTS) is 1. The van der Waals surface area contributed by atoms with Crippen molar-refractivity contribution in [2.45, 2.75) is 12.3 Å². The van der Waals surface area contributed by atoms with E-state index in [9.17, 15) is 18.3 Å². The second-order valence-electron chi connectivity index (χ2n) is 3.77. The number of aliphatic carboxylic acids is 1. The van der Waals surface area contributed by atoms with Gasteiger partial charge in [-0.2, -0.15) is 8.42 Å². The van der Waals surface area contributed by atoms with Crippen LogP contribution in [0.3, 0.4) is 0 Å². The number of rotatable bonds is 3. The summed E-state index contributed by atoms with van der Waals surface area (Å²) >= 11 is 1.31. The van der Waals surface area contributed by atoms with Gasteiger partial charge in [-0.25, -0.2) is 0 Å². The average molecular weight is 302 g/mol. The standard InChI is InChI=1S/C11H10O4S3/c1-11(10(12)13,8-4-2-6-16-8)9-5-3-7-17(9)18(14)15/h2-7H,1H3,(H,12,13). The van der Waals surface area contributed by atoms with Crippen molar-refractivity contribution in [1.82, 2.24) is 0 Å². The molecule has 2 rings (SSSR count). The van der Waals surface area contributed by atoms with Crippen LogP contribution in [0, 0.1) is 0 Å². The maximum Gasteiger partial charge on any atom is 0.319 e. The van der Waals surface area contributed by atoms with Crippen molar-refractivity contribution < 1.29 is 18.3 Å². The van der Waals surface area contributed by atoms with E-state index in [1.54, 1.807) is 36.6 Å². The van der Waals surface area contributed by atoms with Gasteiger partial charge in [0.05, 0.1) is 0 Å². The van der Waals surface area contributed by atoms with E-state index >= 15 is 0 Å². The van der Waals surface area contributed by atoms with Gasteiger partial charge in [0, 0.05) is 9.78 Å². The van der Waals surface area contributed by atoms with Gasteiger partial charge in [0.25, 0.3) is 0 Å². The van der Waals surface area contributed by atoms with Crippen LogP contribution in [0.15, 0.2) is 40.0 Å². The molecular formula is C11H10O4S3. The molecule has 1 aromatic rings. The first-order chi connectivity index (χ1) is 8.48. The molecule has 1 N–H and O–H groups in total. The van der Waals surface area contributed by atoms with Gasteiger partial charge in [-0.3, -0.25) is 4.79 Å². The average Bonchev–Trinajstić information content (AvgIpc) is 2.98. The summed E-state index contributed by atoms with van der Waals surface area (Å²) in [5.74, 6) is -1.04. The van der Waals surface area contributed by atoms with Crippen LogP contribution in [0.4, 0.5) is 0 Å². The number of allylic oxidation sites excluding steroid dienone is 2. The van der Waals surface area contributed by atoms with Crippen LogP contribution in [-0.2, 0) is 28.9 Å². The van der Waals surface area contributed by atoms with Gasteiger partial charge in [0.15, 0.2) is 0 Å². The van der Waals surface area contributed by atoms with Crippen LogP contribution in [0.1, 0.15) is 11.8 Å². The lowest BCUT2D eigenvalue weighted by atomic mass is 9.88. The van der Waals surface area contributed by atoms with Crippen molar-refractivity contribution in [1.29, 1.82) is 0 Å². The number of carboxylic acids is 1. The van der Waals surface area contributed by atoms with Crippen LogP contribution in [0.5, 0.6) is 0 Å². The topological polar surface area (TPSA) is 71.4 Å². The highest BCUT2D eigenvalue weighted by Crippen LogP contribution is 2.39. The Kier molecular flexibility index (Phi) is 3.56. The fourth-order valence-corrected chi connectivity index (χ4v) is 5.67. The van der Waals surface area contributed by atoms with Crippen LogP contribution in [0.25, 0.3) is 0 Å². The van der Waals surface area contributed by atoms with Crippen LogP contribution < -0.4 is 0 Å². The molecule has 1 aliphatic rings. The molecule has 7 heteroatoms. The zero-order valence-corrected chi connectivity index (χ0v) is 11.8. The molecule has 0 aliphatic carbocycles. The maximum absolute atomic E-state index is 11.6. The maximum atomic E-state index is 11.6. The smallest absolute Gasteiger partial charge is 0.319 e. The number of carbonyl (C=O) groups is 1. The SMILES string of the molecule is CC(C(=O)O)(C1=CC=CS1=S(=O)=O)c1cccs1. The molecular weight excluding hydrogens is 292 g/mol. The molecule has 0 spiro atoms. The first kappa shape index (κ1) is 13.3. The van der Waals surface area contributed by atoms with Gasteiger partial charge >= 0.3 is 5.97 Å². The molecule has 2 unspecified atom stereocenters. The monoisotopic (exact) mass is 302 g/mol. The highest BCUT2D eigenvalue weighted by molar-refractivity contribution is 8.37. The molecule has 1 aliphatic heterocycles. The predicted octanol–water partition coefficient (Wildman–Crippen LogP) is 1.91. The zero-order chi connectivity index (χ0) is 13.3. The molecule has 2 heterocycles. The molecule has 2 atom stereocenters. The Balaban J connectivity index is 2.66. The van der Waals surface area contributed by atoms with E-state index in [4.69, 9.17) is 0 Å². The van der Waals surface area contributed by atoms with Gasteiger partial charge < -0.3 is 5.11 Å². The van der Waals surface area contributed by atoms with Gasteiger partial charge in [0.2, 0.25) is 9.26 Å². The summed E-state index contributed by atoms with van der Waals surface area (Å²) in [6, 6.07) is 3.48. The molecule has 18 heavy (non-hydrogen) atoms. The highest BCUT2D eigenvalue weighted by atomic mass is 32.9. The quantitative estimate of drug-likeness (QED) is 0.926. The molecule has 0 amide bonds. The third kappa shape index (κ3) is 1.98. The summed E-state index contributed by atoms with van der Waals surface area (Å²) in [7, 11) is -3.50. The van der Waals surface area contributed by atoms with Crippen molar-refractivity contribution in [2.24, 2.45) is 0 Å². The first-order valence-corrected chi connectivity index (χ1v) is 8.73. The Morgan fingerprint density at radius 2 is 2.22 bits per heavy atom. The van der Waals surface area contributed by atoms with E-state index < -0.39 is 30.1 Å². The van der Waals surface area contributed by atoms with Gasteiger partial charge in [-0.1, -0.05) is 12.1 Å². The van der Waals surface area contributed by atoms with Gasteiger partial charge in [0.1, 0.15) is 5.41 Å². The Morgan fingerprint density at radius 3 is 2.72 bits per heavy atom. The zero-order valence-electron chi connectivity index (χ0n) is 9.36. The molecule has 0 saturated heterocycles. The normalized spacial score (nSPS) is 21.4. The lowest BCUT2D eigenvalue weighted by Gasteiger charge is -2.25. The summed E-state index contributed by atoms with van der Waals surface area (Å²) < 4.78 is 22.4. The third-order valence-corrected chi connectivity index (χ3v) is 7.27. The Morgan fingerprint density at radius 1 is 1.50 bits per heavy atom. The van der Waals surface area contributed by atoms with E-state index in [1.165, 1.54) is 16.7 Å². The summed E-state index contributed by atoms with van der Waals surface area (Å²) in [4.78, 5) is 12.7. The first-order valence-electron chi connectivity index (χ1n) is 4.97. The molecule has 1 aromatic heterocycles. The number of hydrogen-bond donors (Lipinski definition) is 1. The molecule has 0 radical (unpaired) electrons. The molecule has 0 bridgehead atoms. The number of hydrogen-bond acceptors (Lipinski definition) is 4. The summed E-state index contributed by atoms with van der Waals surface area (Å²) in [6.45, 7) is 1.55. The van der Waals surface area contributed by atoms with Crippen LogP contribution in [-0.4, -0.2) is 19.5 Å². The molecule has 0 aromatic carbocycles.